The van der Waals surface area contributed by atoms with Crippen LogP contribution < -0.4 is 0 Å². The Hall–Kier alpha value is -1.57. The summed E-state index contributed by atoms with van der Waals surface area (Å²) in [7, 11) is 2.10. The predicted molar refractivity (Wildman–Crippen MR) is 71.5 cm³/mol. The molecule has 0 bridgehead atoms. The van der Waals surface area contributed by atoms with E-state index < -0.39 is 0 Å². The summed E-state index contributed by atoms with van der Waals surface area (Å²) < 4.78 is 2.19. The number of benzene rings is 1. The average molecular weight is 239 g/mol. The van der Waals surface area contributed by atoms with Crippen molar-refractivity contribution in [2.24, 2.45) is 18.9 Å². The van der Waals surface area contributed by atoms with Crippen molar-refractivity contribution in [2.45, 2.75) is 25.2 Å². The van der Waals surface area contributed by atoms with Gasteiger partial charge in [0.05, 0.1) is 0 Å². The summed E-state index contributed by atoms with van der Waals surface area (Å²) in [5.74, 6) is 1.98. The summed E-state index contributed by atoms with van der Waals surface area (Å²) in [6.45, 7) is 0. The van der Waals surface area contributed by atoms with Crippen LogP contribution in [0.5, 0.6) is 0 Å². The van der Waals surface area contributed by atoms with Gasteiger partial charge in [-0.3, -0.25) is 4.79 Å². The van der Waals surface area contributed by atoms with Crippen LogP contribution in [0.3, 0.4) is 0 Å². The lowest BCUT2D eigenvalue weighted by atomic mass is 10.00. The third kappa shape index (κ3) is 1.26. The summed E-state index contributed by atoms with van der Waals surface area (Å²) >= 11 is 0. The minimum atomic E-state index is 0.338. The highest BCUT2D eigenvalue weighted by atomic mass is 16.1. The van der Waals surface area contributed by atoms with Gasteiger partial charge in [-0.15, -0.1) is 0 Å². The van der Waals surface area contributed by atoms with Crippen LogP contribution in [-0.2, 0) is 11.8 Å². The molecule has 0 saturated heterocycles. The second-order valence-electron chi connectivity index (χ2n) is 5.79. The molecule has 2 aromatic rings. The normalized spacial score (nSPS) is 30.5. The topological polar surface area (TPSA) is 22.0 Å². The van der Waals surface area contributed by atoms with Crippen molar-refractivity contribution in [2.75, 3.05) is 0 Å². The molecule has 1 aromatic carbocycles. The number of nitrogens with zero attached hydrogens (tertiary/aromatic N) is 1. The zero-order chi connectivity index (χ0) is 12.3. The molecule has 92 valence electrons. The maximum Gasteiger partial charge on any atom is 0.136 e. The number of para-hydroxylation sites is 1. The second kappa shape index (κ2) is 3.47. The Bertz CT molecular complexity index is 640. The SMILES string of the molecule is Cn1cc([C@@H]2[C@H]3CCCC(=O)[C@H]32)c2ccccc21. The van der Waals surface area contributed by atoms with Crippen LogP contribution in [0.25, 0.3) is 10.9 Å². The second-order valence-corrected chi connectivity index (χ2v) is 5.79. The Morgan fingerprint density at radius 3 is 2.89 bits per heavy atom. The first kappa shape index (κ1) is 10.4. The standard InChI is InChI=1S/C16H17NO/c1-17-9-12(10-5-2-3-7-13(10)17)15-11-6-4-8-14(18)16(11)15/h2-3,5,7,9,11,15-16H,4,6,8H2,1H3/t11-,15+,16+/m1/s1. The molecule has 3 atom stereocenters. The van der Waals surface area contributed by atoms with Gasteiger partial charge in [0.2, 0.25) is 0 Å². The van der Waals surface area contributed by atoms with Crippen LogP contribution in [0.15, 0.2) is 30.5 Å². The smallest absolute Gasteiger partial charge is 0.136 e. The molecule has 18 heavy (non-hydrogen) atoms. The summed E-state index contributed by atoms with van der Waals surface area (Å²) in [5, 5.41) is 1.34. The van der Waals surface area contributed by atoms with Crippen molar-refractivity contribution in [3.8, 4) is 0 Å². The summed E-state index contributed by atoms with van der Waals surface area (Å²) in [6.07, 6.45) is 5.38. The number of carbonyl (C=O) groups is 1. The minimum absolute atomic E-state index is 0.338. The molecule has 0 aliphatic heterocycles. The third-order valence-corrected chi connectivity index (χ3v) is 4.79. The van der Waals surface area contributed by atoms with Gasteiger partial charge >= 0.3 is 0 Å². The fourth-order valence-electron chi connectivity index (χ4n) is 3.91. The van der Waals surface area contributed by atoms with E-state index in [9.17, 15) is 4.79 Å². The molecule has 1 heterocycles. The van der Waals surface area contributed by atoms with E-state index in [1.807, 2.05) is 0 Å². The Morgan fingerprint density at radius 1 is 1.22 bits per heavy atom. The van der Waals surface area contributed by atoms with E-state index in [2.05, 4.69) is 42.1 Å². The number of hydrogen-bond donors (Lipinski definition) is 0. The number of hydrogen-bond acceptors (Lipinski definition) is 1. The highest BCUT2D eigenvalue weighted by Crippen LogP contribution is 2.60. The average Bonchev–Trinajstić information content (AvgIpc) is 3.03. The Balaban J connectivity index is 1.83. The first-order valence-corrected chi connectivity index (χ1v) is 6.84. The molecule has 0 unspecified atom stereocenters. The quantitative estimate of drug-likeness (QED) is 0.748. The van der Waals surface area contributed by atoms with E-state index in [0.29, 0.717) is 23.5 Å². The van der Waals surface area contributed by atoms with Crippen molar-refractivity contribution in [3.63, 3.8) is 0 Å². The first-order chi connectivity index (χ1) is 8.77. The van der Waals surface area contributed by atoms with E-state index in [4.69, 9.17) is 0 Å². The molecular formula is C16H17NO. The van der Waals surface area contributed by atoms with Gasteiger partial charge in [0.1, 0.15) is 5.78 Å². The van der Waals surface area contributed by atoms with Crippen molar-refractivity contribution in [1.82, 2.24) is 4.57 Å². The van der Waals surface area contributed by atoms with Crippen LogP contribution in [0.4, 0.5) is 0 Å². The zero-order valence-electron chi connectivity index (χ0n) is 10.6. The van der Waals surface area contributed by atoms with Gasteiger partial charge in [-0.2, -0.15) is 0 Å². The highest BCUT2D eigenvalue weighted by Gasteiger charge is 2.56. The maximum atomic E-state index is 12.0. The number of fused-ring (bicyclic) bond motifs is 2. The third-order valence-electron chi connectivity index (χ3n) is 4.79. The van der Waals surface area contributed by atoms with Crippen molar-refractivity contribution in [3.05, 3.63) is 36.0 Å². The molecule has 0 radical (unpaired) electrons. The maximum absolute atomic E-state index is 12.0. The van der Waals surface area contributed by atoms with E-state index in [-0.39, 0.29) is 0 Å². The van der Waals surface area contributed by atoms with Gasteiger partial charge < -0.3 is 4.57 Å². The zero-order valence-corrected chi connectivity index (χ0v) is 10.6. The van der Waals surface area contributed by atoms with Crippen LogP contribution in [-0.4, -0.2) is 10.4 Å². The van der Waals surface area contributed by atoms with E-state index in [1.54, 1.807) is 0 Å². The minimum Gasteiger partial charge on any atom is -0.350 e. The largest absolute Gasteiger partial charge is 0.350 e. The molecule has 2 aliphatic rings. The lowest BCUT2D eigenvalue weighted by molar-refractivity contribution is -0.121. The van der Waals surface area contributed by atoms with Crippen LogP contribution in [0, 0.1) is 11.8 Å². The summed E-state index contributed by atoms with van der Waals surface area (Å²) in [4.78, 5) is 12.0. The highest BCUT2D eigenvalue weighted by molar-refractivity contribution is 5.90. The molecule has 0 amide bonds. The van der Waals surface area contributed by atoms with Crippen LogP contribution in [0.2, 0.25) is 0 Å². The Labute approximate surface area is 107 Å². The molecule has 2 nitrogen and oxygen atoms in total. The summed E-state index contributed by atoms with van der Waals surface area (Å²) in [5.41, 5.74) is 2.68. The molecule has 2 aliphatic carbocycles. The molecule has 2 heteroatoms. The number of aryl methyl sites for hydroxylation is 1. The van der Waals surface area contributed by atoms with Crippen molar-refractivity contribution < 1.29 is 4.79 Å². The van der Waals surface area contributed by atoms with Crippen molar-refractivity contribution >= 4 is 16.7 Å². The molecular weight excluding hydrogens is 222 g/mol. The van der Waals surface area contributed by atoms with E-state index in [1.165, 1.54) is 22.9 Å². The molecule has 0 spiro atoms. The number of ketones is 1. The van der Waals surface area contributed by atoms with E-state index in [0.717, 1.165) is 12.8 Å². The van der Waals surface area contributed by atoms with Crippen molar-refractivity contribution in [1.29, 1.82) is 0 Å². The monoisotopic (exact) mass is 239 g/mol. The fourth-order valence-corrected chi connectivity index (χ4v) is 3.91. The number of carbonyl (C=O) groups excluding carboxylic acids is 1. The van der Waals surface area contributed by atoms with Gasteiger partial charge in [-0.25, -0.2) is 0 Å². The van der Waals surface area contributed by atoms with Gasteiger partial charge in [0, 0.05) is 36.5 Å². The van der Waals surface area contributed by atoms with Crippen LogP contribution >= 0.6 is 0 Å². The number of aromatic nitrogens is 1. The molecule has 2 saturated carbocycles. The predicted octanol–water partition coefficient (Wildman–Crippen LogP) is 3.26. The first-order valence-electron chi connectivity index (χ1n) is 6.84. The van der Waals surface area contributed by atoms with Gasteiger partial charge in [0.15, 0.2) is 0 Å². The fraction of sp³-hybridized carbons (Fsp3) is 0.438. The summed E-state index contributed by atoms with van der Waals surface area (Å²) in [6, 6.07) is 8.53. The Morgan fingerprint density at radius 2 is 2.06 bits per heavy atom. The lowest BCUT2D eigenvalue weighted by Gasteiger charge is -2.04. The lowest BCUT2D eigenvalue weighted by Crippen LogP contribution is -2.07. The molecule has 1 aromatic heterocycles. The Kier molecular flexibility index (Phi) is 2.00. The number of Topliss-reactive ketones (excluding diaryl/α,β-unsaturated/α-hetero) is 1. The molecule has 0 N–H and O–H groups in total. The van der Waals surface area contributed by atoms with Gasteiger partial charge in [0.25, 0.3) is 0 Å². The molecule has 4 rings (SSSR count). The van der Waals surface area contributed by atoms with Gasteiger partial charge in [-0.05, 0) is 36.3 Å². The number of rotatable bonds is 1. The van der Waals surface area contributed by atoms with E-state index >= 15 is 0 Å². The van der Waals surface area contributed by atoms with Gasteiger partial charge in [-0.1, -0.05) is 18.2 Å². The molecule has 2 fully saturated rings. The van der Waals surface area contributed by atoms with Crippen LogP contribution in [0.1, 0.15) is 30.7 Å².